The van der Waals surface area contributed by atoms with Crippen LogP contribution in [0.3, 0.4) is 0 Å². The first kappa shape index (κ1) is 14.3. The van der Waals surface area contributed by atoms with Gasteiger partial charge in [0.05, 0.1) is 10.6 Å². The standard InChI is InChI=1S/C17H15ClN2S/c1-19-11-15-16(12-5-3-2-4-6-12)21-17(20-15)13-7-9-14(18)10-8-13/h2-10,19H,11H2,1H3. The van der Waals surface area contributed by atoms with Gasteiger partial charge in [-0.2, -0.15) is 0 Å². The summed E-state index contributed by atoms with van der Waals surface area (Å²) in [6.07, 6.45) is 0. The Morgan fingerprint density at radius 3 is 2.38 bits per heavy atom. The van der Waals surface area contributed by atoms with E-state index >= 15 is 0 Å². The Morgan fingerprint density at radius 2 is 1.71 bits per heavy atom. The topological polar surface area (TPSA) is 24.9 Å². The molecule has 0 atom stereocenters. The third kappa shape index (κ3) is 3.16. The predicted octanol–water partition coefficient (Wildman–Crippen LogP) is 4.85. The zero-order valence-corrected chi connectivity index (χ0v) is 13.2. The van der Waals surface area contributed by atoms with E-state index in [1.165, 1.54) is 10.4 Å². The summed E-state index contributed by atoms with van der Waals surface area (Å²) in [5.74, 6) is 0. The molecule has 106 valence electrons. The highest BCUT2D eigenvalue weighted by atomic mass is 35.5. The van der Waals surface area contributed by atoms with Crippen molar-refractivity contribution in [2.75, 3.05) is 7.05 Å². The Balaban J connectivity index is 2.06. The van der Waals surface area contributed by atoms with Crippen molar-refractivity contribution in [2.45, 2.75) is 6.54 Å². The number of halogens is 1. The van der Waals surface area contributed by atoms with Gasteiger partial charge in [0.1, 0.15) is 5.01 Å². The Labute approximate surface area is 133 Å². The van der Waals surface area contributed by atoms with Gasteiger partial charge < -0.3 is 5.32 Å². The van der Waals surface area contributed by atoms with E-state index in [1.807, 2.05) is 37.4 Å². The number of rotatable bonds is 4. The molecule has 0 aliphatic rings. The number of thiazole rings is 1. The van der Waals surface area contributed by atoms with Crippen LogP contribution in [0.2, 0.25) is 5.02 Å². The minimum atomic E-state index is 0.744. The molecule has 0 aliphatic heterocycles. The number of hydrogen-bond donors (Lipinski definition) is 1. The normalized spacial score (nSPS) is 10.8. The minimum absolute atomic E-state index is 0.744. The first-order chi connectivity index (χ1) is 10.3. The van der Waals surface area contributed by atoms with Crippen molar-refractivity contribution in [1.29, 1.82) is 0 Å². The lowest BCUT2D eigenvalue weighted by Gasteiger charge is -2.00. The van der Waals surface area contributed by atoms with Crippen LogP contribution in [0.1, 0.15) is 5.69 Å². The number of nitrogens with zero attached hydrogens (tertiary/aromatic N) is 1. The summed E-state index contributed by atoms with van der Waals surface area (Å²) in [7, 11) is 1.94. The number of benzene rings is 2. The number of nitrogens with one attached hydrogen (secondary N) is 1. The second-order valence-electron chi connectivity index (χ2n) is 4.70. The summed E-state index contributed by atoms with van der Waals surface area (Å²) in [6, 6.07) is 18.2. The van der Waals surface area contributed by atoms with E-state index in [0.717, 1.165) is 27.8 Å². The zero-order chi connectivity index (χ0) is 14.7. The molecule has 1 N–H and O–H groups in total. The lowest BCUT2D eigenvalue weighted by atomic mass is 10.1. The Hall–Kier alpha value is -1.68. The smallest absolute Gasteiger partial charge is 0.124 e. The second kappa shape index (κ2) is 6.39. The maximum atomic E-state index is 5.95. The van der Waals surface area contributed by atoms with Gasteiger partial charge in [0, 0.05) is 17.1 Å². The SMILES string of the molecule is CNCc1nc(-c2ccc(Cl)cc2)sc1-c1ccccc1. The van der Waals surface area contributed by atoms with Gasteiger partial charge in [-0.1, -0.05) is 54.1 Å². The highest BCUT2D eigenvalue weighted by molar-refractivity contribution is 7.18. The van der Waals surface area contributed by atoms with Crippen LogP contribution in [0.4, 0.5) is 0 Å². The molecule has 3 aromatic rings. The Morgan fingerprint density at radius 1 is 1.00 bits per heavy atom. The first-order valence-corrected chi connectivity index (χ1v) is 7.93. The van der Waals surface area contributed by atoms with E-state index < -0.39 is 0 Å². The maximum absolute atomic E-state index is 5.95. The zero-order valence-electron chi connectivity index (χ0n) is 11.6. The first-order valence-electron chi connectivity index (χ1n) is 6.73. The van der Waals surface area contributed by atoms with Gasteiger partial charge in [0.2, 0.25) is 0 Å². The van der Waals surface area contributed by atoms with E-state index in [9.17, 15) is 0 Å². The molecule has 21 heavy (non-hydrogen) atoms. The summed E-state index contributed by atoms with van der Waals surface area (Å²) in [5, 5.41) is 4.96. The summed E-state index contributed by atoms with van der Waals surface area (Å²) < 4.78 is 0. The molecule has 0 unspecified atom stereocenters. The van der Waals surface area contributed by atoms with Gasteiger partial charge in [-0.15, -0.1) is 11.3 Å². The summed E-state index contributed by atoms with van der Waals surface area (Å²) >= 11 is 7.67. The predicted molar refractivity (Wildman–Crippen MR) is 90.8 cm³/mol. The van der Waals surface area contributed by atoms with Crippen LogP contribution in [0.5, 0.6) is 0 Å². The van der Waals surface area contributed by atoms with E-state index in [-0.39, 0.29) is 0 Å². The third-order valence-corrected chi connectivity index (χ3v) is 4.62. The molecule has 0 aliphatic carbocycles. The second-order valence-corrected chi connectivity index (χ2v) is 6.13. The molecular formula is C17H15ClN2S. The number of hydrogen-bond acceptors (Lipinski definition) is 3. The molecule has 2 nitrogen and oxygen atoms in total. The van der Waals surface area contributed by atoms with Crippen LogP contribution >= 0.6 is 22.9 Å². The summed E-state index contributed by atoms with van der Waals surface area (Å²) in [5.41, 5.74) is 3.39. The highest BCUT2D eigenvalue weighted by Gasteiger charge is 2.13. The molecule has 1 heterocycles. The van der Waals surface area contributed by atoms with E-state index in [0.29, 0.717) is 0 Å². The Bertz CT molecular complexity index is 720. The maximum Gasteiger partial charge on any atom is 0.124 e. The van der Waals surface area contributed by atoms with Crippen molar-refractivity contribution in [3.05, 3.63) is 65.3 Å². The van der Waals surface area contributed by atoms with Gasteiger partial charge in [-0.25, -0.2) is 4.98 Å². The molecular weight excluding hydrogens is 300 g/mol. The van der Waals surface area contributed by atoms with Crippen molar-refractivity contribution >= 4 is 22.9 Å². The monoisotopic (exact) mass is 314 g/mol. The van der Waals surface area contributed by atoms with Crippen molar-refractivity contribution in [3.8, 4) is 21.0 Å². The minimum Gasteiger partial charge on any atom is -0.314 e. The van der Waals surface area contributed by atoms with Crippen LogP contribution in [0.25, 0.3) is 21.0 Å². The summed E-state index contributed by atoms with van der Waals surface area (Å²) in [4.78, 5) is 6.01. The quantitative estimate of drug-likeness (QED) is 0.744. The Kier molecular flexibility index (Phi) is 4.34. The van der Waals surface area contributed by atoms with Crippen LogP contribution in [0.15, 0.2) is 54.6 Å². The van der Waals surface area contributed by atoms with Gasteiger partial charge in [0.15, 0.2) is 0 Å². The van der Waals surface area contributed by atoms with Crippen molar-refractivity contribution < 1.29 is 0 Å². The van der Waals surface area contributed by atoms with Crippen molar-refractivity contribution in [3.63, 3.8) is 0 Å². The average molecular weight is 315 g/mol. The summed E-state index contributed by atoms with van der Waals surface area (Å²) in [6.45, 7) is 0.758. The molecule has 0 amide bonds. The molecule has 0 saturated heterocycles. The van der Waals surface area contributed by atoms with E-state index in [2.05, 4.69) is 29.6 Å². The molecule has 0 saturated carbocycles. The highest BCUT2D eigenvalue weighted by Crippen LogP contribution is 2.35. The number of aromatic nitrogens is 1. The van der Waals surface area contributed by atoms with Gasteiger partial charge in [-0.3, -0.25) is 0 Å². The molecule has 0 spiro atoms. The molecule has 0 fully saturated rings. The third-order valence-electron chi connectivity index (χ3n) is 3.17. The van der Waals surface area contributed by atoms with Crippen LogP contribution < -0.4 is 5.32 Å². The van der Waals surface area contributed by atoms with Gasteiger partial charge in [-0.05, 0) is 24.7 Å². The fourth-order valence-electron chi connectivity index (χ4n) is 2.17. The molecule has 0 bridgehead atoms. The lowest BCUT2D eigenvalue weighted by Crippen LogP contribution is -2.06. The molecule has 2 aromatic carbocycles. The van der Waals surface area contributed by atoms with Crippen molar-refractivity contribution in [2.24, 2.45) is 0 Å². The molecule has 0 radical (unpaired) electrons. The van der Waals surface area contributed by atoms with E-state index in [4.69, 9.17) is 16.6 Å². The van der Waals surface area contributed by atoms with Crippen LogP contribution in [-0.4, -0.2) is 12.0 Å². The van der Waals surface area contributed by atoms with Crippen molar-refractivity contribution in [1.82, 2.24) is 10.3 Å². The largest absolute Gasteiger partial charge is 0.314 e. The lowest BCUT2D eigenvalue weighted by molar-refractivity contribution is 0.799. The molecule has 3 rings (SSSR count). The van der Waals surface area contributed by atoms with Crippen LogP contribution in [0, 0.1) is 0 Å². The fraction of sp³-hybridized carbons (Fsp3) is 0.118. The average Bonchev–Trinajstić information content (AvgIpc) is 2.93. The van der Waals surface area contributed by atoms with Gasteiger partial charge in [0.25, 0.3) is 0 Å². The fourth-order valence-corrected chi connectivity index (χ4v) is 3.39. The molecule has 4 heteroatoms. The van der Waals surface area contributed by atoms with Gasteiger partial charge >= 0.3 is 0 Å². The van der Waals surface area contributed by atoms with Crippen LogP contribution in [-0.2, 0) is 6.54 Å². The molecule has 1 aromatic heterocycles. The van der Waals surface area contributed by atoms with E-state index in [1.54, 1.807) is 11.3 Å².